The molecule has 1 aliphatic carbocycles. The molecule has 1 spiro atoms. The summed E-state index contributed by atoms with van der Waals surface area (Å²) in [7, 11) is 0. The van der Waals surface area contributed by atoms with Crippen LogP contribution in [0.15, 0.2) is 30.3 Å². The summed E-state index contributed by atoms with van der Waals surface area (Å²) in [5, 5.41) is 0. The number of benzene rings is 1. The van der Waals surface area contributed by atoms with Crippen molar-refractivity contribution in [3.63, 3.8) is 0 Å². The van der Waals surface area contributed by atoms with Gasteiger partial charge in [0.05, 0.1) is 25.7 Å². The molecule has 1 saturated heterocycles. The van der Waals surface area contributed by atoms with Gasteiger partial charge in [-0.15, -0.1) is 0 Å². The third kappa shape index (κ3) is 3.93. The summed E-state index contributed by atoms with van der Waals surface area (Å²) < 4.78 is 17.0. The average Bonchev–Trinajstić information content (AvgIpc) is 3.02. The summed E-state index contributed by atoms with van der Waals surface area (Å²) >= 11 is 0. The zero-order chi connectivity index (χ0) is 16.1. The highest BCUT2D eigenvalue weighted by Gasteiger charge is 2.47. The third-order valence-electron chi connectivity index (χ3n) is 5.03. The zero-order valence-corrected chi connectivity index (χ0v) is 13.8. The molecular weight excluding hydrogens is 292 g/mol. The zero-order valence-electron chi connectivity index (χ0n) is 13.8. The molecule has 4 nitrogen and oxygen atoms in total. The summed E-state index contributed by atoms with van der Waals surface area (Å²) in [5.41, 5.74) is 1.31. The van der Waals surface area contributed by atoms with Gasteiger partial charge in [0, 0.05) is 12.8 Å². The minimum absolute atomic E-state index is 0.0305. The van der Waals surface area contributed by atoms with Crippen molar-refractivity contribution in [3.05, 3.63) is 35.9 Å². The van der Waals surface area contributed by atoms with E-state index in [1.807, 2.05) is 13.0 Å². The maximum Gasteiger partial charge on any atom is 0.309 e. The fourth-order valence-corrected chi connectivity index (χ4v) is 3.87. The Bertz CT molecular complexity index is 507. The Labute approximate surface area is 138 Å². The second-order valence-electron chi connectivity index (χ2n) is 6.49. The summed E-state index contributed by atoms with van der Waals surface area (Å²) in [6.45, 7) is 3.63. The first kappa shape index (κ1) is 16.5. The van der Waals surface area contributed by atoms with Crippen LogP contribution in [0.2, 0.25) is 0 Å². The van der Waals surface area contributed by atoms with E-state index in [0.717, 1.165) is 32.1 Å². The molecule has 0 aromatic heterocycles. The number of aryl methyl sites for hydroxylation is 1. The van der Waals surface area contributed by atoms with E-state index in [-0.39, 0.29) is 17.8 Å². The van der Waals surface area contributed by atoms with Crippen molar-refractivity contribution < 1.29 is 19.0 Å². The highest BCUT2D eigenvalue weighted by atomic mass is 16.7. The molecule has 1 heterocycles. The lowest BCUT2D eigenvalue weighted by molar-refractivity contribution is -0.200. The molecule has 1 aromatic rings. The van der Waals surface area contributed by atoms with Crippen LogP contribution in [0.4, 0.5) is 0 Å². The monoisotopic (exact) mass is 318 g/mol. The molecule has 4 heteroatoms. The van der Waals surface area contributed by atoms with Gasteiger partial charge in [0.1, 0.15) is 0 Å². The van der Waals surface area contributed by atoms with Gasteiger partial charge in [0.25, 0.3) is 0 Å². The van der Waals surface area contributed by atoms with Gasteiger partial charge >= 0.3 is 5.97 Å². The predicted octanol–water partition coefficient (Wildman–Crippen LogP) is 3.34. The van der Waals surface area contributed by atoms with Crippen LogP contribution >= 0.6 is 0 Å². The molecule has 3 rings (SSSR count). The van der Waals surface area contributed by atoms with E-state index in [0.29, 0.717) is 19.8 Å². The standard InChI is InChI=1S/C19H26O4/c1-2-21-18(20)17-10-11-19(22-12-13-23-19)14-16(17)9-8-15-6-4-3-5-7-15/h3-7,16-17H,2,8-14H2,1H3/t16-,17+/m1/s1. The highest BCUT2D eigenvalue weighted by Crippen LogP contribution is 2.43. The van der Waals surface area contributed by atoms with Gasteiger partial charge in [-0.1, -0.05) is 30.3 Å². The molecular formula is C19H26O4. The van der Waals surface area contributed by atoms with Crippen molar-refractivity contribution in [2.45, 2.75) is 44.8 Å². The Morgan fingerprint density at radius 1 is 1.26 bits per heavy atom. The van der Waals surface area contributed by atoms with Gasteiger partial charge in [0.2, 0.25) is 0 Å². The Morgan fingerprint density at radius 2 is 2.00 bits per heavy atom. The number of ether oxygens (including phenoxy) is 3. The van der Waals surface area contributed by atoms with Crippen LogP contribution in [-0.4, -0.2) is 31.6 Å². The van der Waals surface area contributed by atoms with Crippen molar-refractivity contribution in [1.29, 1.82) is 0 Å². The van der Waals surface area contributed by atoms with E-state index in [1.54, 1.807) is 0 Å². The maximum absolute atomic E-state index is 12.3. The van der Waals surface area contributed by atoms with Gasteiger partial charge in [0.15, 0.2) is 5.79 Å². The van der Waals surface area contributed by atoms with Crippen LogP contribution in [0.5, 0.6) is 0 Å². The van der Waals surface area contributed by atoms with Crippen LogP contribution in [-0.2, 0) is 25.4 Å². The number of rotatable bonds is 5. The van der Waals surface area contributed by atoms with Crippen LogP contribution in [0.25, 0.3) is 0 Å². The first-order chi connectivity index (χ1) is 11.2. The van der Waals surface area contributed by atoms with E-state index in [9.17, 15) is 4.79 Å². The smallest absolute Gasteiger partial charge is 0.309 e. The topological polar surface area (TPSA) is 44.8 Å². The molecule has 0 bridgehead atoms. The normalized spacial score (nSPS) is 26.3. The molecule has 23 heavy (non-hydrogen) atoms. The van der Waals surface area contributed by atoms with E-state index >= 15 is 0 Å². The quantitative estimate of drug-likeness (QED) is 0.781. The second-order valence-corrected chi connectivity index (χ2v) is 6.49. The number of carbonyl (C=O) groups excluding carboxylic acids is 1. The summed E-state index contributed by atoms with van der Waals surface area (Å²) in [6, 6.07) is 10.4. The van der Waals surface area contributed by atoms with E-state index in [2.05, 4.69) is 24.3 Å². The lowest BCUT2D eigenvalue weighted by Gasteiger charge is -2.40. The molecule has 1 saturated carbocycles. The molecule has 2 atom stereocenters. The number of carbonyl (C=O) groups is 1. The molecule has 1 aromatic carbocycles. The Hall–Kier alpha value is -1.39. The molecule has 126 valence electrons. The van der Waals surface area contributed by atoms with Crippen molar-refractivity contribution in [2.75, 3.05) is 19.8 Å². The van der Waals surface area contributed by atoms with Crippen molar-refractivity contribution in [1.82, 2.24) is 0 Å². The predicted molar refractivity (Wildman–Crippen MR) is 86.9 cm³/mol. The van der Waals surface area contributed by atoms with Gasteiger partial charge < -0.3 is 14.2 Å². The third-order valence-corrected chi connectivity index (χ3v) is 5.03. The van der Waals surface area contributed by atoms with Gasteiger partial charge in [-0.05, 0) is 37.7 Å². The van der Waals surface area contributed by atoms with Crippen molar-refractivity contribution in [3.8, 4) is 0 Å². The largest absolute Gasteiger partial charge is 0.466 e. The summed E-state index contributed by atoms with van der Waals surface area (Å²) in [4.78, 5) is 12.3. The molecule has 0 amide bonds. The fourth-order valence-electron chi connectivity index (χ4n) is 3.87. The van der Waals surface area contributed by atoms with E-state index in [4.69, 9.17) is 14.2 Å². The minimum atomic E-state index is -0.454. The summed E-state index contributed by atoms with van der Waals surface area (Å²) in [6.07, 6.45) is 4.30. The van der Waals surface area contributed by atoms with E-state index in [1.165, 1.54) is 5.56 Å². The second kappa shape index (κ2) is 7.45. The van der Waals surface area contributed by atoms with Crippen LogP contribution in [0, 0.1) is 11.8 Å². The lowest BCUT2D eigenvalue weighted by atomic mass is 9.73. The van der Waals surface area contributed by atoms with Gasteiger partial charge in [-0.25, -0.2) is 0 Å². The fraction of sp³-hybridized carbons (Fsp3) is 0.632. The van der Waals surface area contributed by atoms with Crippen molar-refractivity contribution in [2.24, 2.45) is 11.8 Å². The maximum atomic E-state index is 12.3. The Balaban J connectivity index is 1.68. The van der Waals surface area contributed by atoms with Crippen LogP contribution < -0.4 is 0 Å². The molecule has 2 fully saturated rings. The Kier molecular flexibility index (Phi) is 5.34. The molecule has 1 aliphatic heterocycles. The number of hydrogen-bond donors (Lipinski definition) is 0. The number of esters is 1. The highest BCUT2D eigenvalue weighted by molar-refractivity contribution is 5.73. The molecule has 0 unspecified atom stereocenters. The van der Waals surface area contributed by atoms with E-state index < -0.39 is 5.79 Å². The van der Waals surface area contributed by atoms with Crippen LogP contribution in [0.1, 0.15) is 38.2 Å². The lowest BCUT2D eigenvalue weighted by Crippen LogP contribution is -2.43. The molecule has 0 N–H and O–H groups in total. The first-order valence-electron chi connectivity index (χ1n) is 8.71. The minimum Gasteiger partial charge on any atom is -0.466 e. The number of hydrogen-bond acceptors (Lipinski definition) is 4. The molecule has 0 radical (unpaired) electrons. The molecule has 2 aliphatic rings. The summed E-state index contributed by atoms with van der Waals surface area (Å²) in [5.74, 6) is -0.290. The first-order valence-corrected chi connectivity index (χ1v) is 8.71. The average molecular weight is 318 g/mol. The Morgan fingerprint density at radius 3 is 2.70 bits per heavy atom. The van der Waals surface area contributed by atoms with Crippen LogP contribution in [0.3, 0.4) is 0 Å². The van der Waals surface area contributed by atoms with Gasteiger partial charge in [-0.3, -0.25) is 4.79 Å². The van der Waals surface area contributed by atoms with Gasteiger partial charge in [-0.2, -0.15) is 0 Å². The SMILES string of the molecule is CCOC(=O)[C@H]1CCC2(C[C@H]1CCc1ccccc1)OCCO2. The van der Waals surface area contributed by atoms with Crippen molar-refractivity contribution >= 4 is 5.97 Å².